The number of hydrogen-bond acceptors (Lipinski definition) is 8. The van der Waals surface area contributed by atoms with Crippen LogP contribution in [0.3, 0.4) is 0 Å². The highest BCUT2D eigenvalue weighted by Crippen LogP contribution is 2.43. The summed E-state index contributed by atoms with van der Waals surface area (Å²) in [7, 11) is 0. The summed E-state index contributed by atoms with van der Waals surface area (Å²) in [6.45, 7) is 4.22. The molecule has 0 spiro atoms. The summed E-state index contributed by atoms with van der Waals surface area (Å²) in [5, 5.41) is 13.6. The fraction of sp³-hybridized carbons (Fsp3) is 0.533. The van der Waals surface area contributed by atoms with E-state index >= 15 is 0 Å². The maximum atomic E-state index is 11.4. The summed E-state index contributed by atoms with van der Waals surface area (Å²) in [6.07, 6.45) is -0.528. The van der Waals surface area contributed by atoms with E-state index in [1.807, 2.05) is 6.92 Å². The fourth-order valence-corrected chi connectivity index (χ4v) is 3.08. The SMILES string of the molecule is C[C@H](SCCOC(=O)NC[C@@H](C)N)c1cc2c(cc1[N+](=O)[O-])OCO2. The third-order valence-electron chi connectivity index (χ3n) is 3.41. The number of nitrogens with two attached hydrogens (primary N) is 1. The molecule has 0 bridgehead atoms. The van der Waals surface area contributed by atoms with E-state index in [0.717, 1.165) is 0 Å². The van der Waals surface area contributed by atoms with Gasteiger partial charge in [-0.05, 0) is 19.9 Å². The van der Waals surface area contributed by atoms with Gasteiger partial charge in [-0.25, -0.2) is 4.79 Å². The van der Waals surface area contributed by atoms with Crippen LogP contribution in [0.1, 0.15) is 24.7 Å². The van der Waals surface area contributed by atoms with E-state index in [1.54, 1.807) is 13.0 Å². The van der Waals surface area contributed by atoms with Gasteiger partial charge in [0.1, 0.15) is 6.61 Å². The van der Waals surface area contributed by atoms with Crippen molar-refractivity contribution in [1.29, 1.82) is 0 Å². The van der Waals surface area contributed by atoms with Gasteiger partial charge in [0, 0.05) is 29.2 Å². The zero-order valence-corrected chi connectivity index (χ0v) is 14.8. The summed E-state index contributed by atoms with van der Waals surface area (Å²) in [5.74, 6) is 1.37. The van der Waals surface area contributed by atoms with Gasteiger partial charge >= 0.3 is 6.09 Å². The van der Waals surface area contributed by atoms with E-state index < -0.39 is 11.0 Å². The minimum absolute atomic E-state index is 0.0140. The van der Waals surface area contributed by atoms with Gasteiger partial charge in [-0.2, -0.15) is 11.8 Å². The molecule has 1 amide bonds. The lowest BCUT2D eigenvalue weighted by atomic mass is 10.1. The van der Waals surface area contributed by atoms with Crippen LogP contribution in [0.25, 0.3) is 0 Å². The van der Waals surface area contributed by atoms with Crippen molar-refractivity contribution in [1.82, 2.24) is 5.32 Å². The van der Waals surface area contributed by atoms with Crippen LogP contribution < -0.4 is 20.5 Å². The molecule has 2 atom stereocenters. The predicted octanol–water partition coefficient (Wildman–Crippen LogP) is 2.19. The predicted molar refractivity (Wildman–Crippen MR) is 93.1 cm³/mol. The van der Waals surface area contributed by atoms with Crippen molar-refractivity contribution < 1.29 is 23.9 Å². The van der Waals surface area contributed by atoms with E-state index in [1.165, 1.54) is 17.8 Å². The lowest BCUT2D eigenvalue weighted by Gasteiger charge is -2.13. The summed E-state index contributed by atoms with van der Waals surface area (Å²) < 4.78 is 15.5. The second-order valence-electron chi connectivity index (χ2n) is 5.53. The van der Waals surface area contributed by atoms with Gasteiger partial charge < -0.3 is 25.3 Å². The molecule has 0 radical (unpaired) electrons. The number of ether oxygens (including phenoxy) is 3. The number of amides is 1. The third kappa shape index (κ3) is 5.40. The smallest absolute Gasteiger partial charge is 0.407 e. The van der Waals surface area contributed by atoms with E-state index in [2.05, 4.69) is 5.32 Å². The van der Waals surface area contributed by atoms with Crippen molar-refractivity contribution >= 4 is 23.5 Å². The molecule has 10 heteroatoms. The molecule has 0 saturated carbocycles. The van der Waals surface area contributed by atoms with Crippen LogP contribution in [0.2, 0.25) is 0 Å². The van der Waals surface area contributed by atoms with Gasteiger partial charge in [0.2, 0.25) is 6.79 Å². The van der Waals surface area contributed by atoms with Crippen molar-refractivity contribution in [2.24, 2.45) is 5.73 Å². The number of rotatable bonds is 8. The highest BCUT2D eigenvalue weighted by Gasteiger charge is 2.26. The highest BCUT2D eigenvalue weighted by molar-refractivity contribution is 7.99. The van der Waals surface area contributed by atoms with Crippen molar-refractivity contribution in [3.63, 3.8) is 0 Å². The largest absolute Gasteiger partial charge is 0.454 e. The normalized spacial score (nSPS) is 14.7. The molecular weight excluding hydrogens is 350 g/mol. The first-order valence-corrected chi connectivity index (χ1v) is 8.79. The van der Waals surface area contributed by atoms with Crippen LogP contribution >= 0.6 is 11.8 Å². The summed E-state index contributed by atoms with van der Waals surface area (Å²) in [6, 6.07) is 2.87. The van der Waals surface area contributed by atoms with Crippen LogP contribution in [-0.4, -0.2) is 42.8 Å². The van der Waals surface area contributed by atoms with Crippen LogP contribution in [0.4, 0.5) is 10.5 Å². The number of nitrogens with one attached hydrogen (secondary N) is 1. The van der Waals surface area contributed by atoms with Gasteiger partial charge in [-0.3, -0.25) is 10.1 Å². The average molecular weight is 371 g/mol. The highest BCUT2D eigenvalue weighted by atomic mass is 32.2. The second-order valence-corrected chi connectivity index (χ2v) is 6.98. The Hall–Kier alpha value is -2.20. The van der Waals surface area contributed by atoms with E-state index in [0.29, 0.717) is 29.4 Å². The summed E-state index contributed by atoms with van der Waals surface area (Å²) in [4.78, 5) is 22.3. The summed E-state index contributed by atoms with van der Waals surface area (Å²) >= 11 is 1.44. The zero-order valence-electron chi connectivity index (χ0n) is 14.0. The number of alkyl carbamates (subject to hydrolysis) is 1. The van der Waals surface area contributed by atoms with Crippen LogP contribution in [0.15, 0.2) is 12.1 Å². The molecule has 1 aromatic carbocycles. The molecule has 0 saturated heterocycles. The maximum absolute atomic E-state index is 11.4. The van der Waals surface area contributed by atoms with Crippen LogP contribution in [0, 0.1) is 10.1 Å². The lowest BCUT2D eigenvalue weighted by Crippen LogP contribution is -2.35. The van der Waals surface area contributed by atoms with Gasteiger partial charge in [0.15, 0.2) is 11.5 Å². The zero-order chi connectivity index (χ0) is 18.4. The minimum Gasteiger partial charge on any atom is -0.454 e. The Labute approximate surface area is 149 Å². The van der Waals surface area contributed by atoms with Gasteiger partial charge in [0.25, 0.3) is 5.69 Å². The Bertz CT molecular complexity index is 640. The minimum atomic E-state index is -0.528. The molecule has 1 aliphatic rings. The Morgan fingerprint density at radius 3 is 2.76 bits per heavy atom. The topological polar surface area (TPSA) is 126 Å². The van der Waals surface area contributed by atoms with Crippen molar-refractivity contribution in [2.45, 2.75) is 25.1 Å². The molecule has 25 heavy (non-hydrogen) atoms. The van der Waals surface area contributed by atoms with Gasteiger partial charge in [0.05, 0.1) is 11.0 Å². The monoisotopic (exact) mass is 371 g/mol. The van der Waals surface area contributed by atoms with Crippen LogP contribution in [0.5, 0.6) is 11.5 Å². The number of carbonyl (C=O) groups excluding carboxylic acids is 1. The van der Waals surface area contributed by atoms with Crippen molar-refractivity contribution in [2.75, 3.05) is 25.7 Å². The van der Waals surface area contributed by atoms with E-state index in [-0.39, 0.29) is 30.4 Å². The fourth-order valence-electron chi connectivity index (χ4n) is 2.18. The summed E-state index contributed by atoms with van der Waals surface area (Å²) in [5.41, 5.74) is 6.06. The first-order valence-electron chi connectivity index (χ1n) is 7.74. The number of thioether (sulfide) groups is 1. The molecular formula is C15H21N3O6S. The van der Waals surface area contributed by atoms with E-state index in [4.69, 9.17) is 19.9 Å². The molecule has 0 aliphatic carbocycles. The number of benzene rings is 1. The standard InChI is InChI=1S/C15H21N3O6S/c1-9(16)7-17-15(19)22-3-4-25-10(2)11-5-13-14(24-8-23-13)6-12(11)18(20)21/h5-6,9-10H,3-4,7-8,16H2,1-2H3,(H,17,19)/t9-,10+/m1/s1. The molecule has 138 valence electrons. The first kappa shape index (κ1) is 19.1. The molecule has 3 N–H and O–H groups in total. The molecule has 1 heterocycles. The first-order chi connectivity index (χ1) is 11.9. The molecule has 0 aromatic heterocycles. The second kappa shape index (κ2) is 8.77. The number of nitro benzene ring substituents is 1. The van der Waals surface area contributed by atoms with E-state index in [9.17, 15) is 14.9 Å². The van der Waals surface area contributed by atoms with Crippen molar-refractivity contribution in [3.8, 4) is 11.5 Å². The third-order valence-corrected chi connectivity index (χ3v) is 4.57. The number of fused-ring (bicyclic) bond motifs is 1. The Kier molecular flexibility index (Phi) is 6.71. The quantitative estimate of drug-likeness (QED) is 0.404. The average Bonchev–Trinajstić information content (AvgIpc) is 3.02. The molecule has 2 rings (SSSR count). The molecule has 9 nitrogen and oxygen atoms in total. The Morgan fingerprint density at radius 2 is 2.12 bits per heavy atom. The van der Waals surface area contributed by atoms with Gasteiger partial charge in [-0.1, -0.05) is 0 Å². The molecule has 1 aromatic rings. The lowest BCUT2D eigenvalue weighted by molar-refractivity contribution is -0.385. The number of nitrogens with zero attached hydrogens (tertiary/aromatic N) is 1. The Balaban J connectivity index is 1.87. The van der Waals surface area contributed by atoms with Crippen molar-refractivity contribution in [3.05, 3.63) is 27.8 Å². The maximum Gasteiger partial charge on any atom is 0.407 e. The number of carbonyl (C=O) groups is 1. The number of nitro groups is 1. The van der Waals surface area contributed by atoms with Gasteiger partial charge in [-0.15, -0.1) is 0 Å². The Morgan fingerprint density at radius 1 is 1.44 bits per heavy atom. The molecule has 0 fully saturated rings. The van der Waals surface area contributed by atoms with Crippen LogP contribution in [-0.2, 0) is 4.74 Å². The number of hydrogen-bond donors (Lipinski definition) is 2. The molecule has 1 aliphatic heterocycles. The molecule has 0 unspecified atom stereocenters.